The smallest absolute Gasteiger partial charge is 0.0900 e. The molecule has 4 nitrogen and oxygen atoms in total. The van der Waals surface area contributed by atoms with Crippen molar-refractivity contribution in [2.75, 3.05) is 0 Å². The summed E-state index contributed by atoms with van der Waals surface area (Å²) in [6.07, 6.45) is 7.53. The van der Waals surface area contributed by atoms with Gasteiger partial charge in [0.25, 0.3) is 0 Å². The zero-order chi connectivity index (χ0) is 28.6. The maximum Gasteiger partial charge on any atom is 0.0900 e. The van der Waals surface area contributed by atoms with E-state index in [0.29, 0.717) is 5.92 Å². The van der Waals surface area contributed by atoms with Crippen molar-refractivity contribution in [3.05, 3.63) is 157 Å². The molecule has 1 aliphatic rings. The highest BCUT2D eigenvalue weighted by Gasteiger charge is 2.25. The lowest BCUT2D eigenvalue weighted by Gasteiger charge is -2.27. The van der Waals surface area contributed by atoms with E-state index in [9.17, 15) is 0 Å². The summed E-state index contributed by atoms with van der Waals surface area (Å²) >= 11 is 0. The maximum absolute atomic E-state index is 5.19. The molecular weight excluding hydrogens is 524 g/mol. The first-order valence-corrected chi connectivity index (χ1v) is 14.7. The predicted octanol–water partition coefficient (Wildman–Crippen LogP) is 8.97. The van der Waals surface area contributed by atoms with Gasteiger partial charge in [-0.15, -0.1) is 0 Å². The fraction of sp³-hybridized carbons (Fsp3) is 0.0769. The van der Waals surface area contributed by atoms with Crippen molar-refractivity contribution >= 4 is 10.8 Å². The monoisotopic (exact) mass is 552 g/mol. The Morgan fingerprint density at radius 2 is 1.37 bits per heavy atom. The minimum absolute atomic E-state index is 0.342. The summed E-state index contributed by atoms with van der Waals surface area (Å²) < 4.78 is 0. The van der Waals surface area contributed by atoms with Crippen molar-refractivity contribution in [2.45, 2.75) is 18.8 Å². The third-order valence-electron chi connectivity index (χ3n) is 8.43. The molecule has 0 radical (unpaired) electrons. The maximum atomic E-state index is 5.19. The van der Waals surface area contributed by atoms with Crippen molar-refractivity contribution in [3.63, 3.8) is 0 Å². The van der Waals surface area contributed by atoms with Crippen LogP contribution >= 0.6 is 0 Å². The standard InChI is InChI=1S/C39H28N4/c1-2-9-27-20-28(16-15-26(27)8-1)30-23-38(36-13-5-6-18-41-36)43-39(24-30)37-14-7-10-32(42-37)22-31-21-29-17-19-40-25-35(29)34-12-4-3-11-33(31)34/h1-20,23-25,31H,21-22H2/t31-/m0/s1. The van der Waals surface area contributed by atoms with Gasteiger partial charge in [-0.1, -0.05) is 72.8 Å². The molecule has 1 aliphatic carbocycles. The number of fused-ring (bicyclic) bond motifs is 4. The molecule has 0 spiro atoms. The Bertz CT molecular complexity index is 2100. The van der Waals surface area contributed by atoms with Gasteiger partial charge < -0.3 is 0 Å². The Kier molecular flexibility index (Phi) is 6.30. The molecule has 0 aliphatic heterocycles. The molecule has 0 saturated carbocycles. The van der Waals surface area contributed by atoms with Crippen LogP contribution in [0.1, 0.15) is 22.7 Å². The van der Waals surface area contributed by atoms with Crippen LogP contribution in [0, 0.1) is 0 Å². The Morgan fingerprint density at radius 1 is 0.558 bits per heavy atom. The van der Waals surface area contributed by atoms with Crippen LogP contribution in [0.3, 0.4) is 0 Å². The Labute approximate surface area is 250 Å². The van der Waals surface area contributed by atoms with Gasteiger partial charge in [0.1, 0.15) is 0 Å². The lowest BCUT2D eigenvalue weighted by molar-refractivity contribution is 0.661. The van der Waals surface area contributed by atoms with E-state index < -0.39 is 0 Å². The molecule has 0 unspecified atom stereocenters. The third kappa shape index (κ3) is 4.87. The molecule has 4 aromatic heterocycles. The van der Waals surface area contributed by atoms with Gasteiger partial charge in [0, 0.05) is 29.8 Å². The summed E-state index contributed by atoms with van der Waals surface area (Å²) in [7, 11) is 0. The zero-order valence-electron chi connectivity index (χ0n) is 23.6. The van der Waals surface area contributed by atoms with Crippen molar-refractivity contribution < 1.29 is 0 Å². The molecule has 0 bridgehead atoms. The molecule has 0 N–H and O–H groups in total. The van der Waals surface area contributed by atoms with Gasteiger partial charge in [-0.25, -0.2) is 4.98 Å². The highest BCUT2D eigenvalue weighted by molar-refractivity contribution is 5.88. The summed E-state index contributed by atoms with van der Waals surface area (Å²) in [4.78, 5) is 19.3. The topological polar surface area (TPSA) is 51.6 Å². The first-order chi connectivity index (χ1) is 21.3. The number of nitrogens with zero attached hydrogens (tertiary/aromatic N) is 4. The summed E-state index contributed by atoms with van der Waals surface area (Å²) in [5, 5.41) is 2.44. The molecule has 0 saturated heterocycles. The summed E-state index contributed by atoms with van der Waals surface area (Å²) in [6.45, 7) is 0. The average Bonchev–Trinajstić information content (AvgIpc) is 3.08. The summed E-state index contributed by atoms with van der Waals surface area (Å²) in [6, 6.07) is 42.5. The molecular formula is C39H28N4. The van der Waals surface area contributed by atoms with Gasteiger partial charge >= 0.3 is 0 Å². The molecule has 0 amide bonds. The quantitative estimate of drug-likeness (QED) is 0.214. The number of hydrogen-bond acceptors (Lipinski definition) is 4. The molecule has 8 rings (SSSR count). The average molecular weight is 553 g/mol. The molecule has 204 valence electrons. The number of hydrogen-bond donors (Lipinski definition) is 0. The van der Waals surface area contributed by atoms with E-state index >= 15 is 0 Å². The fourth-order valence-corrected chi connectivity index (χ4v) is 6.33. The lowest BCUT2D eigenvalue weighted by atomic mass is 9.77. The molecule has 4 heterocycles. The van der Waals surface area contributed by atoms with Crippen LogP contribution in [0.15, 0.2) is 140 Å². The predicted molar refractivity (Wildman–Crippen MR) is 173 cm³/mol. The van der Waals surface area contributed by atoms with E-state index in [4.69, 9.17) is 9.97 Å². The first kappa shape index (κ1) is 25.2. The van der Waals surface area contributed by atoms with E-state index in [-0.39, 0.29) is 0 Å². The van der Waals surface area contributed by atoms with E-state index in [0.717, 1.165) is 52.4 Å². The van der Waals surface area contributed by atoms with E-state index in [1.54, 1.807) is 0 Å². The summed E-state index contributed by atoms with van der Waals surface area (Å²) in [5.74, 6) is 0.342. The van der Waals surface area contributed by atoms with Gasteiger partial charge in [0.05, 0.1) is 22.8 Å². The van der Waals surface area contributed by atoms with E-state index in [1.807, 2.05) is 36.8 Å². The highest BCUT2D eigenvalue weighted by atomic mass is 14.8. The fourth-order valence-electron chi connectivity index (χ4n) is 6.33. The Balaban J connectivity index is 1.19. The van der Waals surface area contributed by atoms with Gasteiger partial charge in [-0.2, -0.15) is 0 Å². The molecule has 0 fully saturated rings. The van der Waals surface area contributed by atoms with Gasteiger partial charge in [-0.05, 0) is 106 Å². The minimum atomic E-state index is 0.342. The van der Waals surface area contributed by atoms with Crippen molar-refractivity contribution in [3.8, 4) is 45.0 Å². The number of pyridine rings is 4. The second-order valence-electron chi connectivity index (χ2n) is 11.1. The number of aromatic nitrogens is 4. The normalized spacial score (nSPS) is 13.8. The molecule has 43 heavy (non-hydrogen) atoms. The van der Waals surface area contributed by atoms with Crippen LogP contribution < -0.4 is 0 Å². The van der Waals surface area contributed by atoms with Crippen LogP contribution in [0.4, 0.5) is 0 Å². The molecule has 7 aromatic rings. The minimum Gasteiger partial charge on any atom is -0.264 e. The second-order valence-corrected chi connectivity index (χ2v) is 11.1. The third-order valence-corrected chi connectivity index (χ3v) is 8.43. The molecule has 3 aromatic carbocycles. The Hall–Kier alpha value is -5.48. The van der Waals surface area contributed by atoms with Crippen molar-refractivity contribution in [2.24, 2.45) is 0 Å². The second kappa shape index (κ2) is 10.7. The van der Waals surface area contributed by atoms with Crippen LogP contribution in [0.5, 0.6) is 0 Å². The number of benzene rings is 3. The SMILES string of the molecule is c1ccc(-c2cc(-c3ccc4ccccc4c3)cc(-c3cccc(C[C@@H]4Cc5ccncc5-c5ccccc54)n3)n2)nc1. The van der Waals surface area contributed by atoms with Crippen LogP contribution in [-0.4, -0.2) is 19.9 Å². The van der Waals surface area contributed by atoms with Crippen LogP contribution in [0.2, 0.25) is 0 Å². The van der Waals surface area contributed by atoms with Gasteiger partial charge in [0.15, 0.2) is 0 Å². The van der Waals surface area contributed by atoms with Crippen LogP contribution in [0.25, 0.3) is 55.8 Å². The van der Waals surface area contributed by atoms with Gasteiger partial charge in [0.2, 0.25) is 0 Å². The van der Waals surface area contributed by atoms with Crippen molar-refractivity contribution in [1.29, 1.82) is 0 Å². The molecule has 4 heteroatoms. The highest BCUT2D eigenvalue weighted by Crippen LogP contribution is 2.40. The summed E-state index contributed by atoms with van der Waals surface area (Å²) in [5.41, 5.74) is 11.9. The van der Waals surface area contributed by atoms with Gasteiger partial charge in [-0.3, -0.25) is 15.0 Å². The number of rotatable bonds is 5. The zero-order valence-corrected chi connectivity index (χ0v) is 23.6. The largest absolute Gasteiger partial charge is 0.264 e. The Morgan fingerprint density at radius 3 is 2.28 bits per heavy atom. The molecule has 1 atom stereocenters. The van der Waals surface area contributed by atoms with Crippen molar-refractivity contribution in [1.82, 2.24) is 19.9 Å². The van der Waals surface area contributed by atoms with E-state index in [1.165, 1.54) is 33.0 Å². The first-order valence-electron chi connectivity index (χ1n) is 14.7. The van der Waals surface area contributed by atoms with Crippen LogP contribution in [-0.2, 0) is 12.8 Å². The lowest BCUT2D eigenvalue weighted by Crippen LogP contribution is -2.14. The van der Waals surface area contributed by atoms with E-state index in [2.05, 4.69) is 113 Å².